The molecule has 0 radical (unpaired) electrons. The molecule has 0 bridgehead atoms. The molecular formula is C10H11N3O2. The van der Waals surface area contributed by atoms with E-state index in [9.17, 15) is 4.79 Å². The third-order valence-electron chi connectivity index (χ3n) is 2.34. The molecule has 0 fully saturated rings. The highest BCUT2D eigenvalue weighted by molar-refractivity contribution is 6.02. The van der Waals surface area contributed by atoms with Crippen LogP contribution in [0.15, 0.2) is 12.4 Å². The summed E-state index contributed by atoms with van der Waals surface area (Å²) < 4.78 is 6.35. The molecule has 5 heteroatoms. The van der Waals surface area contributed by atoms with Crippen LogP contribution in [0.2, 0.25) is 0 Å². The van der Waals surface area contributed by atoms with Crippen molar-refractivity contribution in [2.75, 3.05) is 7.11 Å². The second-order valence-electron chi connectivity index (χ2n) is 3.28. The molecule has 2 rings (SSSR count). The van der Waals surface area contributed by atoms with Gasteiger partial charge in [0.25, 0.3) is 0 Å². The van der Waals surface area contributed by atoms with Crippen molar-refractivity contribution in [3.8, 4) is 0 Å². The predicted molar refractivity (Wildman–Crippen MR) is 54.6 cm³/mol. The number of hydrogen-bond donors (Lipinski definition) is 0. The van der Waals surface area contributed by atoms with Gasteiger partial charge in [-0.3, -0.25) is 9.67 Å². The number of esters is 1. The minimum absolute atomic E-state index is 0.392. The van der Waals surface area contributed by atoms with Crippen LogP contribution in [0.5, 0.6) is 0 Å². The summed E-state index contributed by atoms with van der Waals surface area (Å²) in [6.07, 6.45) is 3.19. The molecule has 0 atom stereocenters. The van der Waals surface area contributed by atoms with E-state index < -0.39 is 5.97 Å². The third kappa shape index (κ3) is 1.36. The van der Waals surface area contributed by atoms with Crippen molar-refractivity contribution < 1.29 is 9.53 Å². The van der Waals surface area contributed by atoms with E-state index in [4.69, 9.17) is 0 Å². The summed E-state index contributed by atoms with van der Waals surface area (Å²) in [7, 11) is 3.15. The smallest absolute Gasteiger partial charge is 0.341 e. The van der Waals surface area contributed by atoms with Gasteiger partial charge in [0, 0.05) is 24.8 Å². The average molecular weight is 205 g/mol. The first-order valence-corrected chi connectivity index (χ1v) is 4.50. The molecule has 0 aliphatic rings. The van der Waals surface area contributed by atoms with Gasteiger partial charge in [-0.25, -0.2) is 4.79 Å². The molecule has 0 saturated carbocycles. The van der Waals surface area contributed by atoms with Gasteiger partial charge in [0.1, 0.15) is 5.56 Å². The Kier molecular flexibility index (Phi) is 2.15. The van der Waals surface area contributed by atoms with Crippen molar-refractivity contribution in [3.63, 3.8) is 0 Å². The van der Waals surface area contributed by atoms with Crippen LogP contribution in [0.1, 0.15) is 16.1 Å². The number of rotatable bonds is 1. The normalized spacial score (nSPS) is 10.6. The molecule has 2 aromatic rings. The lowest BCUT2D eigenvalue weighted by molar-refractivity contribution is 0.0602. The van der Waals surface area contributed by atoms with Gasteiger partial charge in [-0.2, -0.15) is 5.10 Å². The molecule has 15 heavy (non-hydrogen) atoms. The fourth-order valence-electron chi connectivity index (χ4n) is 1.66. The fraction of sp³-hybridized carbons (Fsp3) is 0.300. The molecule has 0 spiro atoms. The van der Waals surface area contributed by atoms with Crippen molar-refractivity contribution in [2.45, 2.75) is 6.92 Å². The largest absolute Gasteiger partial charge is 0.465 e. The summed E-state index contributed by atoms with van der Waals surface area (Å²) in [5.41, 5.74) is 2.05. The maximum Gasteiger partial charge on any atom is 0.341 e. The van der Waals surface area contributed by atoms with Crippen LogP contribution in [0.3, 0.4) is 0 Å². The molecule has 0 amide bonds. The molecule has 0 N–H and O–H groups in total. The van der Waals surface area contributed by atoms with Crippen LogP contribution < -0.4 is 0 Å². The third-order valence-corrected chi connectivity index (χ3v) is 2.34. The SMILES string of the molecule is COC(=O)c1cncc2c(C)nn(C)c12. The molecule has 0 saturated heterocycles. The number of fused-ring (bicyclic) bond motifs is 1. The number of ether oxygens (including phenoxy) is 1. The molecule has 0 aliphatic heterocycles. The first-order valence-electron chi connectivity index (χ1n) is 4.50. The van der Waals surface area contributed by atoms with Crippen molar-refractivity contribution >= 4 is 16.9 Å². The quantitative estimate of drug-likeness (QED) is 0.653. The number of hydrogen-bond acceptors (Lipinski definition) is 4. The van der Waals surface area contributed by atoms with Gasteiger partial charge in [0.2, 0.25) is 0 Å². The fourth-order valence-corrected chi connectivity index (χ4v) is 1.66. The summed E-state index contributed by atoms with van der Waals surface area (Å²) >= 11 is 0. The topological polar surface area (TPSA) is 57.0 Å². The van der Waals surface area contributed by atoms with Crippen LogP contribution in [-0.4, -0.2) is 27.8 Å². The number of pyridine rings is 1. The van der Waals surface area contributed by atoms with Crippen LogP contribution in [0.4, 0.5) is 0 Å². The molecule has 0 unspecified atom stereocenters. The lowest BCUT2D eigenvalue weighted by Gasteiger charge is -2.01. The Bertz CT molecular complexity index is 531. The Morgan fingerprint density at radius 2 is 2.20 bits per heavy atom. The van der Waals surface area contributed by atoms with Gasteiger partial charge in [-0.05, 0) is 6.92 Å². The van der Waals surface area contributed by atoms with Crippen LogP contribution >= 0.6 is 0 Å². The summed E-state index contributed by atoms with van der Waals surface area (Å²) in [5.74, 6) is -0.392. The van der Waals surface area contributed by atoms with Gasteiger partial charge in [0.15, 0.2) is 0 Å². The minimum atomic E-state index is -0.392. The summed E-state index contributed by atoms with van der Waals surface area (Å²) in [5, 5.41) is 5.11. The van der Waals surface area contributed by atoms with E-state index in [2.05, 4.69) is 14.8 Å². The van der Waals surface area contributed by atoms with E-state index in [0.717, 1.165) is 16.6 Å². The van der Waals surface area contributed by atoms with Gasteiger partial charge in [-0.1, -0.05) is 0 Å². The zero-order chi connectivity index (χ0) is 11.0. The molecule has 0 aliphatic carbocycles. The predicted octanol–water partition coefficient (Wildman–Crippen LogP) is 1.06. The molecule has 0 aromatic carbocycles. The molecular weight excluding hydrogens is 194 g/mol. The Morgan fingerprint density at radius 3 is 2.87 bits per heavy atom. The minimum Gasteiger partial charge on any atom is -0.465 e. The summed E-state index contributed by atoms with van der Waals surface area (Å²) in [6, 6.07) is 0. The van der Waals surface area contributed by atoms with Crippen molar-refractivity contribution in [3.05, 3.63) is 23.7 Å². The van der Waals surface area contributed by atoms with E-state index >= 15 is 0 Å². The van der Waals surface area contributed by atoms with E-state index in [1.54, 1.807) is 17.9 Å². The average Bonchev–Trinajstić information content (AvgIpc) is 2.54. The first kappa shape index (κ1) is 9.64. The standard InChI is InChI=1S/C10H11N3O2/c1-6-7-4-11-5-8(10(14)15-3)9(7)13(2)12-6/h4-5H,1-3H3. The molecule has 78 valence electrons. The number of nitrogens with zero attached hydrogens (tertiary/aromatic N) is 3. The number of aryl methyl sites for hydroxylation is 2. The Hall–Kier alpha value is -1.91. The second kappa shape index (κ2) is 3.34. The zero-order valence-electron chi connectivity index (χ0n) is 8.81. The zero-order valence-corrected chi connectivity index (χ0v) is 8.81. The Labute approximate surface area is 86.7 Å². The Morgan fingerprint density at radius 1 is 1.47 bits per heavy atom. The van der Waals surface area contributed by atoms with Crippen LogP contribution in [0, 0.1) is 6.92 Å². The van der Waals surface area contributed by atoms with E-state index in [1.165, 1.54) is 13.3 Å². The van der Waals surface area contributed by atoms with Gasteiger partial charge in [-0.15, -0.1) is 0 Å². The van der Waals surface area contributed by atoms with E-state index in [0.29, 0.717) is 5.56 Å². The maximum absolute atomic E-state index is 11.5. The first-order chi connectivity index (χ1) is 7.15. The van der Waals surface area contributed by atoms with E-state index in [1.807, 2.05) is 6.92 Å². The van der Waals surface area contributed by atoms with Crippen molar-refractivity contribution in [1.29, 1.82) is 0 Å². The number of carbonyl (C=O) groups excluding carboxylic acids is 1. The number of methoxy groups -OCH3 is 1. The highest BCUT2D eigenvalue weighted by Gasteiger charge is 2.15. The lowest BCUT2D eigenvalue weighted by atomic mass is 10.2. The van der Waals surface area contributed by atoms with E-state index in [-0.39, 0.29) is 0 Å². The second-order valence-corrected chi connectivity index (χ2v) is 3.28. The van der Waals surface area contributed by atoms with Crippen LogP contribution in [0.25, 0.3) is 10.9 Å². The van der Waals surface area contributed by atoms with Crippen molar-refractivity contribution in [2.24, 2.45) is 7.05 Å². The van der Waals surface area contributed by atoms with Crippen LogP contribution in [-0.2, 0) is 11.8 Å². The molecule has 5 nitrogen and oxygen atoms in total. The monoisotopic (exact) mass is 205 g/mol. The molecule has 2 heterocycles. The highest BCUT2D eigenvalue weighted by Crippen LogP contribution is 2.20. The van der Waals surface area contributed by atoms with Gasteiger partial charge in [0.05, 0.1) is 18.3 Å². The Balaban J connectivity index is 2.80. The van der Waals surface area contributed by atoms with Crippen molar-refractivity contribution in [1.82, 2.24) is 14.8 Å². The highest BCUT2D eigenvalue weighted by atomic mass is 16.5. The number of carbonyl (C=O) groups is 1. The lowest BCUT2D eigenvalue weighted by Crippen LogP contribution is -2.05. The number of aromatic nitrogens is 3. The molecule has 2 aromatic heterocycles. The van der Waals surface area contributed by atoms with Gasteiger partial charge >= 0.3 is 5.97 Å². The summed E-state index contributed by atoms with van der Waals surface area (Å²) in [6.45, 7) is 1.88. The maximum atomic E-state index is 11.5. The summed E-state index contributed by atoms with van der Waals surface area (Å²) in [4.78, 5) is 15.5. The van der Waals surface area contributed by atoms with Gasteiger partial charge < -0.3 is 4.74 Å².